The Labute approximate surface area is 143 Å². The van der Waals surface area contributed by atoms with Crippen molar-refractivity contribution in [2.24, 2.45) is 5.92 Å². The molecule has 0 saturated heterocycles. The van der Waals surface area contributed by atoms with Crippen LogP contribution in [0.2, 0.25) is 0 Å². The van der Waals surface area contributed by atoms with Crippen molar-refractivity contribution < 1.29 is 9.32 Å². The summed E-state index contributed by atoms with van der Waals surface area (Å²) < 4.78 is 5.28. The van der Waals surface area contributed by atoms with Gasteiger partial charge in [-0.05, 0) is 31.6 Å². The van der Waals surface area contributed by atoms with Crippen LogP contribution >= 0.6 is 0 Å². The number of hydrogen-bond acceptors (Lipinski definition) is 4. The number of amides is 1. The molecule has 1 aliphatic carbocycles. The zero-order valence-electron chi connectivity index (χ0n) is 14.4. The molecule has 0 unspecified atom stereocenters. The standard InChI is InChI=1S/C19H25N3O2/c1-14-8-10-16(11-9-14)22(2)18(23)13-12-17-20-19(21-24-17)15-6-4-3-5-7-15/h3-7,14,16H,8-13H2,1-2H3. The lowest BCUT2D eigenvalue weighted by Gasteiger charge is -2.33. The molecule has 0 atom stereocenters. The van der Waals surface area contributed by atoms with Gasteiger partial charge in [0.2, 0.25) is 17.6 Å². The molecule has 5 heteroatoms. The van der Waals surface area contributed by atoms with E-state index in [-0.39, 0.29) is 5.91 Å². The van der Waals surface area contributed by atoms with Crippen molar-refractivity contribution in [3.05, 3.63) is 36.2 Å². The summed E-state index contributed by atoms with van der Waals surface area (Å²) in [5.41, 5.74) is 0.923. The Balaban J connectivity index is 1.52. The van der Waals surface area contributed by atoms with Gasteiger partial charge in [-0.3, -0.25) is 4.79 Å². The molecule has 0 N–H and O–H groups in total. The predicted molar refractivity (Wildman–Crippen MR) is 92.2 cm³/mol. The normalized spacial score (nSPS) is 20.8. The van der Waals surface area contributed by atoms with Gasteiger partial charge in [0.1, 0.15) is 0 Å². The molecule has 128 valence electrons. The summed E-state index contributed by atoms with van der Waals surface area (Å²) in [6.45, 7) is 2.29. The molecular weight excluding hydrogens is 302 g/mol. The van der Waals surface area contributed by atoms with Gasteiger partial charge in [-0.2, -0.15) is 4.98 Å². The topological polar surface area (TPSA) is 59.2 Å². The van der Waals surface area contributed by atoms with Gasteiger partial charge in [0.05, 0.1) is 0 Å². The molecule has 0 aliphatic heterocycles. The number of rotatable bonds is 5. The number of carbonyl (C=O) groups is 1. The average molecular weight is 327 g/mol. The van der Waals surface area contributed by atoms with Crippen LogP contribution in [0.4, 0.5) is 0 Å². The summed E-state index contributed by atoms with van der Waals surface area (Å²) in [5.74, 6) is 2.05. The van der Waals surface area contributed by atoms with E-state index in [1.54, 1.807) is 0 Å². The molecule has 3 rings (SSSR count). The Kier molecular flexibility index (Phi) is 5.28. The van der Waals surface area contributed by atoms with Gasteiger partial charge in [-0.1, -0.05) is 42.4 Å². The first-order valence-corrected chi connectivity index (χ1v) is 8.77. The summed E-state index contributed by atoms with van der Waals surface area (Å²) in [7, 11) is 1.92. The molecule has 1 amide bonds. The summed E-state index contributed by atoms with van der Waals surface area (Å²) in [5, 5.41) is 4.00. The van der Waals surface area contributed by atoms with E-state index >= 15 is 0 Å². The second-order valence-electron chi connectivity index (χ2n) is 6.80. The first-order chi connectivity index (χ1) is 11.6. The van der Waals surface area contributed by atoms with Crippen LogP contribution in [0.1, 0.15) is 44.9 Å². The highest BCUT2D eigenvalue weighted by molar-refractivity contribution is 5.76. The van der Waals surface area contributed by atoms with Crippen molar-refractivity contribution in [2.75, 3.05) is 7.05 Å². The van der Waals surface area contributed by atoms with Crippen molar-refractivity contribution in [3.63, 3.8) is 0 Å². The molecule has 1 aromatic carbocycles. The SMILES string of the molecule is CC1CCC(N(C)C(=O)CCc2nc(-c3ccccc3)no2)CC1. The van der Waals surface area contributed by atoms with Crippen molar-refractivity contribution in [2.45, 2.75) is 51.5 Å². The van der Waals surface area contributed by atoms with Gasteiger partial charge < -0.3 is 9.42 Å². The van der Waals surface area contributed by atoms with Crippen LogP contribution < -0.4 is 0 Å². The van der Waals surface area contributed by atoms with Gasteiger partial charge in [0.25, 0.3) is 0 Å². The molecule has 24 heavy (non-hydrogen) atoms. The fourth-order valence-electron chi connectivity index (χ4n) is 3.28. The monoisotopic (exact) mass is 327 g/mol. The second-order valence-corrected chi connectivity index (χ2v) is 6.80. The third-order valence-electron chi connectivity index (χ3n) is 4.98. The minimum absolute atomic E-state index is 0.161. The summed E-state index contributed by atoms with van der Waals surface area (Å²) in [6, 6.07) is 10.1. The Bertz CT molecular complexity index is 660. The van der Waals surface area contributed by atoms with Crippen molar-refractivity contribution in [1.82, 2.24) is 15.0 Å². The van der Waals surface area contributed by atoms with Crippen LogP contribution in [0.25, 0.3) is 11.4 Å². The maximum Gasteiger partial charge on any atom is 0.227 e. The molecular formula is C19H25N3O2. The zero-order valence-corrected chi connectivity index (χ0v) is 14.4. The Hall–Kier alpha value is -2.17. The largest absolute Gasteiger partial charge is 0.343 e. The summed E-state index contributed by atoms with van der Waals surface area (Å²) in [6.07, 6.45) is 5.56. The fraction of sp³-hybridized carbons (Fsp3) is 0.526. The van der Waals surface area contributed by atoms with Crippen LogP contribution in [-0.4, -0.2) is 34.0 Å². The van der Waals surface area contributed by atoms with E-state index in [1.807, 2.05) is 42.3 Å². The molecule has 1 aliphatic rings. The van der Waals surface area contributed by atoms with E-state index < -0.39 is 0 Å². The van der Waals surface area contributed by atoms with Gasteiger partial charge in [0, 0.05) is 31.5 Å². The minimum atomic E-state index is 0.161. The molecule has 1 saturated carbocycles. The lowest BCUT2D eigenvalue weighted by Crippen LogP contribution is -2.39. The second kappa shape index (κ2) is 7.60. The number of benzene rings is 1. The van der Waals surface area contributed by atoms with E-state index in [2.05, 4.69) is 17.1 Å². The maximum atomic E-state index is 12.4. The van der Waals surface area contributed by atoms with Gasteiger partial charge in [-0.15, -0.1) is 0 Å². The minimum Gasteiger partial charge on any atom is -0.343 e. The quantitative estimate of drug-likeness (QED) is 0.840. The maximum absolute atomic E-state index is 12.4. The van der Waals surface area contributed by atoms with Crippen LogP contribution in [0.15, 0.2) is 34.9 Å². The Morgan fingerprint density at radius 1 is 1.21 bits per heavy atom. The number of aromatic nitrogens is 2. The highest BCUT2D eigenvalue weighted by atomic mass is 16.5. The molecule has 1 heterocycles. The third-order valence-corrected chi connectivity index (χ3v) is 4.98. The van der Waals surface area contributed by atoms with Crippen molar-refractivity contribution in [1.29, 1.82) is 0 Å². The number of aryl methyl sites for hydroxylation is 1. The Morgan fingerprint density at radius 2 is 1.92 bits per heavy atom. The van der Waals surface area contributed by atoms with E-state index in [9.17, 15) is 4.79 Å². The molecule has 1 aromatic heterocycles. The highest BCUT2D eigenvalue weighted by Crippen LogP contribution is 2.26. The molecule has 5 nitrogen and oxygen atoms in total. The zero-order chi connectivity index (χ0) is 16.9. The van der Waals surface area contributed by atoms with Crippen LogP contribution in [-0.2, 0) is 11.2 Å². The molecule has 1 fully saturated rings. The van der Waals surface area contributed by atoms with Crippen molar-refractivity contribution >= 4 is 5.91 Å². The lowest BCUT2D eigenvalue weighted by atomic mass is 9.86. The van der Waals surface area contributed by atoms with E-state index in [1.165, 1.54) is 12.8 Å². The average Bonchev–Trinajstić information content (AvgIpc) is 3.09. The van der Waals surface area contributed by atoms with Gasteiger partial charge >= 0.3 is 0 Å². The number of hydrogen-bond donors (Lipinski definition) is 0. The van der Waals surface area contributed by atoms with Crippen LogP contribution in [0.5, 0.6) is 0 Å². The third kappa shape index (κ3) is 4.02. The lowest BCUT2D eigenvalue weighted by molar-refractivity contribution is -0.132. The first-order valence-electron chi connectivity index (χ1n) is 8.77. The fourth-order valence-corrected chi connectivity index (χ4v) is 3.28. The molecule has 0 bridgehead atoms. The van der Waals surface area contributed by atoms with Crippen LogP contribution in [0.3, 0.4) is 0 Å². The van der Waals surface area contributed by atoms with E-state index in [4.69, 9.17) is 4.52 Å². The number of nitrogens with zero attached hydrogens (tertiary/aromatic N) is 3. The van der Waals surface area contributed by atoms with Gasteiger partial charge in [-0.25, -0.2) is 0 Å². The smallest absolute Gasteiger partial charge is 0.227 e. The van der Waals surface area contributed by atoms with E-state index in [0.29, 0.717) is 30.6 Å². The predicted octanol–water partition coefficient (Wildman–Crippen LogP) is 3.71. The Morgan fingerprint density at radius 3 is 2.62 bits per heavy atom. The first kappa shape index (κ1) is 16.7. The highest BCUT2D eigenvalue weighted by Gasteiger charge is 2.24. The molecule has 2 aromatic rings. The molecule has 0 spiro atoms. The molecule has 0 radical (unpaired) electrons. The van der Waals surface area contributed by atoms with Crippen molar-refractivity contribution in [3.8, 4) is 11.4 Å². The van der Waals surface area contributed by atoms with Gasteiger partial charge in [0.15, 0.2) is 0 Å². The van der Waals surface area contributed by atoms with Crippen LogP contribution in [0, 0.1) is 5.92 Å². The van der Waals surface area contributed by atoms with E-state index in [0.717, 1.165) is 24.3 Å². The number of carbonyl (C=O) groups excluding carboxylic acids is 1. The summed E-state index contributed by atoms with van der Waals surface area (Å²) in [4.78, 5) is 18.7. The summed E-state index contributed by atoms with van der Waals surface area (Å²) >= 11 is 0.